The van der Waals surface area contributed by atoms with Gasteiger partial charge in [-0.3, -0.25) is 9.67 Å². The fraction of sp³-hybridized carbons (Fsp3) is 0.304. The monoisotopic (exact) mass is 391 g/mol. The summed E-state index contributed by atoms with van der Waals surface area (Å²) in [7, 11) is 1.76. The number of nitrogens with zero attached hydrogens (tertiary/aromatic N) is 3. The first kappa shape index (κ1) is 19.2. The molecule has 5 nitrogen and oxygen atoms in total. The van der Waals surface area contributed by atoms with E-state index < -0.39 is 0 Å². The van der Waals surface area contributed by atoms with Gasteiger partial charge >= 0.3 is 0 Å². The molecule has 2 aromatic carbocycles. The lowest BCUT2D eigenvalue weighted by Crippen LogP contribution is -2.41. The van der Waals surface area contributed by atoms with Crippen LogP contribution in [0.2, 0.25) is 0 Å². The van der Waals surface area contributed by atoms with Crippen molar-refractivity contribution >= 4 is 5.96 Å². The van der Waals surface area contributed by atoms with E-state index in [9.17, 15) is 4.39 Å². The van der Waals surface area contributed by atoms with Gasteiger partial charge in [-0.25, -0.2) is 4.39 Å². The van der Waals surface area contributed by atoms with Gasteiger partial charge in [0, 0.05) is 37.9 Å². The summed E-state index contributed by atoms with van der Waals surface area (Å²) in [5.41, 5.74) is 3.08. The highest BCUT2D eigenvalue weighted by Gasteiger charge is 2.45. The highest BCUT2D eigenvalue weighted by Crippen LogP contribution is 2.48. The molecule has 2 N–H and O–H groups in total. The smallest absolute Gasteiger partial charge is 0.191 e. The van der Waals surface area contributed by atoms with Gasteiger partial charge in [0.05, 0.1) is 6.54 Å². The maximum absolute atomic E-state index is 14.2. The average molecular weight is 391 g/mol. The summed E-state index contributed by atoms with van der Waals surface area (Å²) in [5, 5.41) is 11.1. The zero-order chi connectivity index (χ0) is 20.1. The molecule has 1 aromatic heterocycles. The summed E-state index contributed by atoms with van der Waals surface area (Å²) in [6.07, 6.45) is 5.73. The summed E-state index contributed by atoms with van der Waals surface area (Å²) in [4.78, 5) is 4.34. The molecule has 0 bridgehead atoms. The summed E-state index contributed by atoms with van der Waals surface area (Å²) in [6, 6.07) is 17.3. The normalized spacial score (nSPS) is 15.2. The van der Waals surface area contributed by atoms with Crippen LogP contribution >= 0.6 is 0 Å². The van der Waals surface area contributed by atoms with Crippen LogP contribution in [0.1, 0.15) is 29.5 Å². The lowest BCUT2D eigenvalue weighted by atomic mass is 9.95. The molecule has 3 aromatic rings. The zero-order valence-electron chi connectivity index (χ0n) is 16.6. The number of nitrogens with one attached hydrogen (secondary N) is 2. The number of rotatable bonds is 7. The molecule has 1 aliphatic carbocycles. The number of guanidine groups is 1. The SMILES string of the molecule is CN=C(NCc1ccccc1Cn1cccn1)NCC1(c2ccccc2F)CC1. The second kappa shape index (κ2) is 8.47. The van der Waals surface area contributed by atoms with Crippen molar-refractivity contribution in [1.29, 1.82) is 0 Å². The summed E-state index contributed by atoms with van der Waals surface area (Å²) >= 11 is 0. The third kappa shape index (κ3) is 4.47. The average Bonchev–Trinajstić information content (AvgIpc) is 3.35. The molecule has 29 heavy (non-hydrogen) atoms. The Kier molecular flexibility index (Phi) is 5.60. The molecule has 1 fully saturated rings. The Morgan fingerprint density at radius 2 is 1.83 bits per heavy atom. The van der Waals surface area contributed by atoms with E-state index in [1.165, 1.54) is 11.1 Å². The van der Waals surface area contributed by atoms with Crippen LogP contribution in [0, 0.1) is 5.82 Å². The molecule has 0 saturated heterocycles. The second-order valence-electron chi connectivity index (χ2n) is 7.51. The number of hydrogen-bond donors (Lipinski definition) is 2. The predicted octanol–water partition coefficient (Wildman–Crippen LogP) is 3.47. The molecule has 1 heterocycles. The van der Waals surface area contributed by atoms with Crippen molar-refractivity contribution in [2.45, 2.75) is 31.3 Å². The third-order valence-electron chi connectivity index (χ3n) is 5.57. The quantitative estimate of drug-likeness (QED) is 0.479. The van der Waals surface area contributed by atoms with Crippen LogP contribution in [-0.4, -0.2) is 29.3 Å². The Hall–Kier alpha value is -3.15. The van der Waals surface area contributed by atoms with Gasteiger partial charge in [-0.2, -0.15) is 5.10 Å². The van der Waals surface area contributed by atoms with Crippen LogP contribution in [0.4, 0.5) is 4.39 Å². The van der Waals surface area contributed by atoms with Crippen molar-refractivity contribution in [2.75, 3.05) is 13.6 Å². The van der Waals surface area contributed by atoms with Crippen molar-refractivity contribution in [1.82, 2.24) is 20.4 Å². The molecule has 0 atom stereocenters. The summed E-state index contributed by atoms with van der Waals surface area (Å²) < 4.78 is 16.1. The Bertz CT molecular complexity index is 976. The molecule has 1 aliphatic rings. The van der Waals surface area contributed by atoms with Gasteiger partial charge in [0.25, 0.3) is 0 Å². The lowest BCUT2D eigenvalue weighted by molar-refractivity contribution is 0.559. The molecule has 4 rings (SSSR count). The molecular formula is C23H26FN5. The molecule has 0 unspecified atom stereocenters. The van der Waals surface area contributed by atoms with Crippen LogP contribution in [-0.2, 0) is 18.5 Å². The van der Waals surface area contributed by atoms with Gasteiger partial charge in [-0.1, -0.05) is 42.5 Å². The first-order chi connectivity index (χ1) is 14.2. The van der Waals surface area contributed by atoms with E-state index in [0.29, 0.717) is 13.1 Å². The Morgan fingerprint density at radius 1 is 1.07 bits per heavy atom. The Morgan fingerprint density at radius 3 is 2.52 bits per heavy atom. The standard InChI is InChI=1S/C23H26FN5/c1-25-22(27-17-23(11-12-23)20-9-4-5-10-21(20)24)26-15-18-7-2-3-8-19(18)16-29-14-6-13-28-29/h2-10,13-14H,11-12,15-17H2,1H3,(H2,25,26,27). The minimum atomic E-state index is -0.124. The molecule has 0 radical (unpaired) electrons. The highest BCUT2D eigenvalue weighted by molar-refractivity contribution is 5.79. The van der Waals surface area contributed by atoms with Gasteiger partial charge in [0.2, 0.25) is 0 Å². The van der Waals surface area contributed by atoms with E-state index in [2.05, 4.69) is 32.9 Å². The van der Waals surface area contributed by atoms with Crippen molar-refractivity contribution in [3.63, 3.8) is 0 Å². The maximum atomic E-state index is 14.2. The van der Waals surface area contributed by atoms with Crippen molar-refractivity contribution < 1.29 is 4.39 Å². The first-order valence-corrected chi connectivity index (χ1v) is 9.94. The zero-order valence-corrected chi connectivity index (χ0v) is 16.6. The van der Waals surface area contributed by atoms with E-state index in [1.807, 2.05) is 41.2 Å². The molecule has 0 spiro atoms. The van der Waals surface area contributed by atoms with Crippen LogP contribution in [0.15, 0.2) is 72.0 Å². The van der Waals surface area contributed by atoms with Crippen LogP contribution < -0.4 is 10.6 Å². The number of aliphatic imine (C=N–C) groups is 1. The largest absolute Gasteiger partial charge is 0.356 e. The van der Waals surface area contributed by atoms with Crippen LogP contribution in [0.25, 0.3) is 0 Å². The van der Waals surface area contributed by atoms with Crippen molar-refractivity contribution in [3.8, 4) is 0 Å². The minimum absolute atomic E-state index is 0.123. The lowest BCUT2D eigenvalue weighted by Gasteiger charge is -2.20. The molecule has 6 heteroatoms. The van der Waals surface area contributed by atoms with E-state index in [1.54, 1.807) is 25.4 Å². The van der Waals surface area contributed by atoms with Gasteiger partial charge in [-0.05, 0) is 41.7 Å². The van der Waals surface area contributed by atoms with E-state index in [-0.39, 0.29) is 11.2 Å². The highest BCUT2D eigenvalue weighted by atomic mass is 19.1. The molecule has 0 aliphatic heterocycles. The number of halogens is 1. The molecule has 0 amide bonds. The van der Waals surface area contributed by atoms with Gasteiger partial charge in [-0.15, -0.1) is 0 Å². The molecule has 1 saturated carbocycles. The summed E-state index contributed by atoms with van der Waals surface area (Å²) in [5.74, 6) is 0.601. The van der Waals surface area contributed by atoms with Gasteiger partial charge < -0.3 is 10.6 Å². The predicted molar refractivity (Wildman–Crippen MR) is 113 cm³/mol. The van der Waals surface area contributed by atoms with E-state index >= 15 is 0 Å². The van der Waals surface area contributed by atoms with E-state index in [4.69, 9.17) is 0 Å². The number of benzene rings is 2. The fourth-order valence-electron chi connectivity index (χ4n) is 3.69. The number of hydrogen-bond acceptors (Lipinski definition) is 2. The van der Waals surface area contributed by atoms with Crippen LogP contribution in [0.5, 0.6) is 0 Å². The van der Waals surface area contributed by atoms with Gasteiger partial charge in [0.15, 0.2) is 5.96 Å². The minimum Gasteiger partial charge on any atom is -0.356 e. The second-order valence-corrected chi connectivity index (χ2v) is 7.51. The summed E-state index contributed by atoms with van der Waals surface area (Å²) in [6.45, 7) is 2.06. The number of aromatic nitrogens is 2. The third-order valence-corrected chi connectivity index (χ3v) is 5.57. The van der Waals surface area contributed by atoms with Gasteiger partial charge in [0.1, 0.15) is 5.82 Å². The molecule has 150 valence electrons. The molecular weight excluding hydrogens is 365 g/mol. The Labute approximate surface area is 170 Å². The maximum Gasteiger partial charge on any atom is 0.191 e. The van der Waals surface area contributed by atoms with Crippen molar-refractivity contribution in [3.05, 3.63) is 89.5 Å². The first-order valence-electron chi connectivity index (χ1n) is 9.94. The Balaban J connectivity index is 1.37. The van der Waals surface area contributed by atoms with E-state index in [0.717, 1.165) is 30.9 Å². The van der Waals surface area contributed by atoms with Crippen LogP contribution in [0.3, 0.4) is 0 Å². The van der Waals surface area contributed by atoms with Crippen molar-refractivity contribution in [2.24, 2.45) is 4.99 Å². The topological polar surface area (TPSA) is 54.2 Å². The fourth-order valence-corrected chi connectivity index (χ4v) is 3.69.